The van der Waals surface area contributed by atoms with Crippen molar-refractivity contribution in [3.63, 3.8) is 0 Å². The normalized spacial score (nSPS) is 35.0. The van der Waals surface area contributed by atoms with Crippen molar-refractivity contribution in [2.24, 2.45) is 35.5 Å². The quantitative estimate of drug-likeness (QED) is 0.468. The Bertz CT molecular complexity index is 461. The molecule has 6 atom stereocenters. The van der Waals surface area contributed by atoms with Gasteiger partial charge in [-0.15, -0.1) is 0 Å². The van der Waals surface area contributed by atoms with Crippen LogP contribution in [0.15, 0.2) is 0 Å². The van der Waals surface area contributed by atoms with Crippen molar-refractivity contribution in [1.29, 1.82) is 0 Å². The van der Waals surface area contributed by atoms with Crippen LogP contribution in [0.25, 0.3) is 0 Å². The van der Waals surface area contributed by atoms with Gasteiger partial charge in [0.05, 0.1) is 18.4 Å². The fourth-order valence-corrected chi connectivity index (χ4v) is 5.18. The van der Waals surface area contributed by atoms with E-state index in [1.54, 1.807) is 0 Å². The highest BCUT2D eigenvalue weighted by Gasteiger charge is 2.41. The van der Waals surface area contributed by atoms with Gasteiger partial charge in [-0.25, -0.2) is 0 Å². The van der Waals surface area contributed by atoms with Crippen molar-refractivity contribution in [3.8, 4) is 0 Å². The molecule has 1 N–H and O–H groups in total. The van der Waals surface area contributed by atoms with Crippen LogP contribution < -0.4 is 0 Å². The largest absolute Gasteiger partial charge is 0.481 e. The van der Waals surface area contributed by atoms with Crippen LogP contribution in [-0.2, 0) is 14.3 Å². The van der Waals surface area contributed by atoms with E-state index in [4.69, 9.17) is 4.74 Å². The lowest BCUT2D eigenvalue weighted by molar-refractivity contribution is -0.163. The summed E-state index contributed by atoms with van der Waals surface area (Å²) in [5.41, 5.74) is 0. The molecule has 0 spiro atoms. The minimum atomic E-state index is -0.844. The molecule has 4 heteroatoms. The molecule has 2 aliphatic rings. The van der Waals surface area contributed by atoms with Crippen LogP contribution in [0, 0.1) is 35.5 Å². The van der Waals surface area contributed by atoms with Crippen molar-refractivity contribution in [2.75, 3.05) is 6.61 Å². The maximum Gasteiger partial charge on any atom is 0.309 e. The number of hydrogen-bond donors (Lipinski definition) is 1. The molecule has 0 aromatic rings. The maximum absolute atomic E-state index is 12.6. The van der Waals surface area contributed by atoms with E-state index in [2.05, 4.69) is 13.8 Å². The molecule has 2 aliphatic carbocycles. The van der Waals surface area contributed by atoms with Crippen LogP contribution in [0.4, 0.5) is 0 Å². The Hall–Kier alpha value is -1.06. The predicted octanol–water partition coefficient (Wildman–Crippen LogP) is 5.30. The van der Waals surface area contributed by atoms with Gasteiger partial charge in [0.1, 0.15) is 0 Å². The number of rotatable bonds is 8. The van der Waals surface area contributed by atoms with E-state index in [1.807, 2.05) is 6.92 Å². The Morgan fingerprint density at radius 1 is 1.04 bits per heavy atom. The zero-order valence-corrected chi connectivity index (χ0v) is 16.9. The van der Waals surface area contributed by atoms with Gasteiger partial charge >= 0.3 is 11.9 Å². The van der Waals surface area contributed by atoms with E-state index < -0.39 is 17.8 Å². The summed E-state index contributed by atoms with van der Waals surface area (Å²) in [4.78, 5) is 24.3. The number of carbonyl (C=O) groups excluding carboxylic acids is 1. The van der Waals surface area contributed by atoms with Gasteiger partial charge in [0.2, 0.25) is 0 Å². The van der Waals surface area contributed by atoms with Crippen LogP contribution in [0.5, 0.6) is 0 Å². The Balaban J connectivity index is 1.90. The molecule has 0 heterocycles. The standard InChI is InChI=1S/C22H38O4/c1-4-5-6-9-17-13-15(2)11-12-18(17)14-26-22(25)19-10-7-8-16(3)20(19)21(23)24/h15-20H,4-14H2,1-3H3,(H,23,24). The number of aliphatic carboxylic acids is 1. The molecule has 0 amide bonds. The Morgan fingerprint density at radius 3 is 2.50 bits per heavy atom. The average Bonchev–Trinajstić information content (AvgIpc) is 2.60. The molecule has 2 rings (SSSR count). The summed E-state index contributed by atoms with van der Waals surface area (Å²) in [5, 5.41) is 9.53. The molecule has 0 bridgehead atoms. The van der Waals surface area contributed by atoms with Crippen LogP contribution in [0.2, 0.25) is 0 Å². The number of unbranched alkanes of at least 4 members (excludes halogenated alkanes) is 2. The van der Waals surface area contributed by atoms with E-state index in [-0.39, 0.29) is 11.9 Å². The third-order valence-corrected chi connectivity index (χ3v) is 6.83. The van der Waals surface area contributed by atoms with E-state index in [9.17, 15) is 14.7 Å². The molecule has 4 nitrogen and oxygen atoms in total. The van der Waals surface area contributed by atoms with Gasteiger partial charge in [-0.3, -0.25) is 9.59 Å². The predicted molar refractivity (Wildman–Crippen MR) is 103 cm³/mol. The molecule has 6 unspecified atom stereocenters. The minimum absolute atomic E-state index is 0.0520. The molecule has 0 aliphatic heterocycles. The van der Waals surface area contributed by atoms with Crippen LogP contribution >= 0.6 is 0 Å². The number of carbonyl (C=O) groups is 2. The van der Waals surface area contributed by atoms with Gasteiger partial charge in [0, 0.05) is 0 Å². The first-order chi connectivity index (χ1) is 12.4. The highest BCUT2D eigenvalue weighted by molar-refractivity contribution is 5.81. The third-order valence-electron chi connectivity index (χ3n) is 6.83. The van der Waals surface area contributed by atoms with Crippen LogP contribution in [0.3, 0.4) is 0 Å². The number of ether oxygens (including phenoxy) is 1. The van der Waals surface area contributed by atoms with Gasteiger partial charge in [-0.05, 0) is 49.4 Å². The molecule has 2 saturated carbocycles. The second-order valence-corrected chi connectivity index (χ2v) is 8.94. The van der Waals surface area contributed by atoms with E-state index in [0.717, 1.165) is 25.2 Å². The van der Waals surface area contributed by atoms with Crippen molar-refractivity contribution >= 4 is 11.9 Å². The molecule has 2 fully saturated rings. The number of esters is 1. The summed E-state index contributed by atoms with van der Waals surface area (Å²) in [6.45, 7) is 6.99. The number of hydrogen-bond acceptors (Lipinski definition) is 3. The summed E-state index contributed by atoms with van der Waals surface area (Å²) >= 11 is 0. The SMILES string of the molecule is CCCCCC1CC(C)CCC1COC(=O)C1CCCC(C)C1C(=O)O. The Kier molecular flexibility index (Phi) is 8.43. The highest BCUT2D eigenvalue weighted by atomic mass is 16.5. The second kappa shape index (κ2) is 10.3. The molecular formula is C22H38O4. The summed E-state index contributed by atoms with van der Waals surface area (Å²) in [6, 6.07) is 0. The topological polar surface area (TPSA) is 63.6 Å². The smallest absolute Gasteiger partial charge is 0.309 e. The van der Waals surface area contributed by atoms with E-state index >= 15 is 0 Å². The van der Waals surface area contributed by atoms with E-state index in [1.165, 1.54) is 38.5 Å². The zero-order chi connectivity index (χ0) is 19.1. The van der Waals surface area contributed by atoms with Gasteiger partial charge in [-0.1, -0.05) is 59.3 Å². The lowest BCUT2D eigenvalue weighted by Gasteiger charge is -2.36. The molecule has 0 aromatic heterocycles. The fraction of sp³-hybridized carbons (Fsp3) is 0.909. The van der Waals surface area contributed by atoms with Gasteiger partial charge < -0.3 is 9.84 Å². The third kappa shape index (κ3) is 5.72. The minimum Gasteiger partial charge on any atom is -0.481 e. The van der Waals surface area contributed by atoms with Crippen molar-refractivity contribution in [3.05, 3.63) is 0 Å². The molecule has 0 radical (unpaired) electrons. The Labute approximate surface area is 159 Å². The first-order valence-electron chi connectivity index (χ1n) is 10.8. The maximum atomic E-state index is 12.6. The summed E-state index contributed by atoms with van der Waals surface area (Å²) in [7, 11) is 0. The highest BCUT2D eigenvalue weighted by Crippen LogP contribution is 2.39. The zero-order valence-electron chi connectivity index (χ0n) is 16.9. The second-order valence-electron chi connectivity index (χ2n) is 8.94. The molecule has 26 heavy (non-hydrogen) atoms. The van der Waals surface area contributed by atoms with Gasteiger partial charge in [-0.2, -0.15) is 0 Å². The van der Waals surface area contributed by atoms with Crippen LogP contribution in [0.1, 0.15) is 85.0 Å². The average molecular weight is 367 g/mol. The van der Waals surface area contributed by atoms with Crippen LogP contribution in [-0.4, -0.2) is 23.7 Å². The summed E-state index contributed by atoms with van der Waals surface area (Å²) in [5.74, 6) is -0.228. The van der Waals surface area contributed by atoms with Crippen molar-refractivity contribution in [2.45, 2.75) is 85.0 Å². The molecule has 0 saturated heterocycles. The number of carboxylic acids is 1. The molecule has 0 aromatic carbocycles. The Morgan fingerprint density at radius 2 is 1.81 bits per heavy atom. The van der Waals surface area contributed by atoms with Crippen molar-refractivity contribution in [1.82, 2.24) is 0 Å². The van der Waals surface area contributed by atoms with Gasteiger partial charge in [0.25, 0.3) is 0 Å². The van der Waals surface area contributed by atoms with E-state index in [0.29, 0.717) is 24.9 Å². The fourth-order valence-electron chi connectivity index (χ4n) is 5.18. The lowest BCUT2D eigenvalue weighted by Crippen LogP contribution is -2.39. The molecular weight excluding hydrogens is 328 g/mol. The van der Waals surface area contributed by atoms with Crippen molar-refractivity contribution < 1.29 is 19.4 Å². The summed E-state index contributed by atoms with van der Waals surface area (Å²) in [6.07, 6.45) is 11.1. The monoisotopic (exact) mass is 366 g/mol. The molecule has 150 valence electrons. The number of carboxylic acid groups (broad SMARTS) is 1. The van der Waals surface area contributed by atoms with Gasteiger partial charge in [0.15, 0.2) is 0 Å². The summed E-state index contributed by atoms with van der Waals surface area (Å²) < 4.78 is 5.72. The first-order valence-corrected chi connectivity index (χ1v) is 10.8. The lowest BCUT2D eigenvalue weighted by atomic mass is 9.72. The first kappa shape index (κ1) is 21.2.